The summed E-state index contributed by atoms with van der Waals surface area (Å²) in [5, 5.41) is 1.03. The van der Waals surface area contributed by atoms with Crippen molar-refractivity contribution in [3.8, 4) is 22.5 Å². The highest BCUT2D eigenvalue weighted by atomic mass is 16.3. The van der Waals surface area contributed by atoms with Gasteiger partial charge in [0.15, 0.2) is 5.58 Å². The maximum atomic E-state index is 6.34. The summed E-state index contributed by atoms with van der Waals surface area (Å²) in [4.78, 5) is 9.74. The van der Waals surface area contributed by atoms with Gasteiger partial charge in [0.25, 0.3) is 0 Å². The van der Waals surface area contributed by atoms with Gasteiger partial charge < -0.3 is 4.42 Å². The third-order valence-corrected chi connectivity index (χ3v) is 6.59. The molecule has 0 N–H and O–H groups in total. The third-order valence-electron chi connectivity index (χ3n) is 6.59. The van der Waals surface area contributed by atoms with E-state index in [4.69, 9.17) is 9.40 Å². The van der Waals surface area contributed by atoms with E-state index < -0.39 is 0 Å². The van der Waals surface area contributed by atoms with E-state index in [2.05, 4.69) is 87.3 Å². The fourth-order valence-corrected chi connectivity index (χ4v) is 4.83. The number of para-hydroxylation sites is 1. The average Bonchev–Trinajstić information content (AvgIpc) is 3.18. The minimum Gasteiger partial charge on any atom is -0.454 e. The largest absolute Gasteiger partial charge is 0.454 e. The number of pyridine rings is 2. The normalized spacial score (nSPS) is 11.7. The first kappa shape index (κ1) is 20.4. The molecule has 3 nitrogen and oxygen atoms in total. The maximum Gasteiger partial charge on any atom is 0.153 e. The molecule has 0 atom stereocenters. The van der Waals surface area contributed by atoms with Crippen molar-refractivity contribution in [2.45, 2.75) is 46.5 Å². The van der Waals surface area contributed by atoms with Gasteiger partial charge in [-0.2, -0.15) is 0 Å². The van der Waals surface area contributed by atoms with Crippen molar-refractivity contribution >= 4 is 22.1 Å². The van der Waals surface area contributed by atoms with E-state index >= 15 is 0 Å². The Labute approximate surface area is 189 Å². The predicted molar refractivity (Wildman–Crippen MR) is 133 cm³/mol. The van der Waals surface area contributed by atoms with Gasteiger partial charge in [0.2, 0.25) is 0 Å². The zero-order valence-corrected chi connectivity index (χ0v) is 19.1. The second-order valence-corrected chi connectivity index (χ2v) is 8.58. The van der Waals surface area contributed by atoms with E-state index in [0.717, 1.165) is 51.9 Å². The average molecular weight is 421 g/mol. The number of benzene rings is 2. The van der Waals surface area contributed by atoms with Gasteiger partial charge in [-0.1, -0.05) is 38.1 Å². The van der Waals surface area contributed by atoms with E-state index in [9.17, 15) is 0 Å². The van der Waals surface area contributed by atoms with Gasteiger partial charge in [-0.15, -0.1) is 0 Å². The Morgan fingerprint density at radius 2 is 1.59 bits per heavy atom. The fourth-order valence-electron chi connectivity index (χ4n) is 4.83. The smallest absolute Gasteiger partial charge is 0.153 e. The number of hydrogen-bond acceptors (Lipinski definition) is 3. The first-order valence-electron chi connectivity index (χ1n) is 11.5. The van der Waals surface area contributed by atoms with Crippen molar-refractivity contribution in [3.05, 3.63) is 83.6 Å². The quantitative estimate of drug-likeness (QED) is 0.287. The molecule has 0 bridgehead atoms. The summed E-state index contributed by atoms with van der Waals surface area (Å²) in [7, 11) is 0. The van der Waals surface area contributed by atoms with E-state index in [1.54, 1.807) is 0 Å². The van der Waals surface area contributed by atoms with Crippen LogP contribution in [0, 0.1) is 13.8 Å². The summed E-state index contributed by atoms with van der Waals surface area (Å²) < 4.78 is 6.34. The minimum absolute atomic E-state index is 0.549. The SMILES string of the molecule is CCC(CC)c1ccnc(-c2cccc3c2oc2ccc(-c4c(C)cccc4C)nc23)c1. The molecular weight excluding hydrogens is 392 g/mol. The summed E-state index contributed by atoms with van der Waals surface area (Å²) in [6.07, 6.45) is 4.17. The van der Waals surface area contributed by atoms with Crippen LogP contribution in [0.5, 0.6) is 0 Å². The van der Waals surface area contributed by atoms with E-state index in [0.29, 0.717) is 5.92 Å². The van der Waals surface area contributed by atoms with Gasteiger partial charge in [0.1, 0.15) is 11.1 Å². The molecule has 32 heavy (non-hydrogen) atoms. The van der Waals surface area contributed by atoms with E-state index in [1.807, 2.05) is 12.3 Å². The zero-order chi connectivity index (χ0) is 22.2. The highest BCUT2D eigenvalue weighted by Gasteiger charge is 2.17. The highest BCUT2D eigenvalue weighted by molar-refractivity contribution is 6.07. The second kappa shape index (κ2) is 8.23. The molecule has 0 fully saturated rings. The Hall–Kier alpha value is -3.46. The first-order valence-corrected chi connectivity index (χ1v) is 11.5. The molecule has 160 valence electrons. The van der Waals surface area contributed by atoms with Crippen LogP contribution in [0.15, 0.2) is 71.3 Å². The molecule has 5 aromatic rings. The number of furan rings is 1. The maximum absolute atomic E-state index is 6.34. The molecular formula is C29H28N2O. The lowest BCUT2D eigenvalue weighted by Crippen LogP contribution is -1.96. The highest BCUT2D eigenvalue weighted by Crippen LogP contribution is 2.37. The molecule has 5 rings (SSSR count). The summed E-state index contributed by atoms with van der Waals surface area (Å²) >= 11 is 0. The van der Waals surface area contributed by atoms with Gasteiger partial charge >= 0.3 is 0 Å². The molecule has 0 radical (unpaired) electrons. The molecule has 0 amide bonds. The Kier molecular flexibility index (Phi) is 5.26. The number of aryl methyl sites for hydroxylation is 2. The van der Waals surface area contributed by atoms with E-state index in [1.165, 1.54) is 22.3 Å². The number of hydrogen-bond donors (Lipinski definition) is 0. The van der Waals surface area contributed by atoms with Crippen molar-refractivity contribution in [2.75, 3.05) is 0 Å². The van der Waals surface area contributed by atoms with Crippen LogP contribution in [0.4, 0.5) is 0 Å². The van der Waals surface area contributed by atoms with Gasteiger partial charge in [-0.25, -0.2) is 4.98 Å². The molecule has 0 unspecified atom stereocenters. The monoisotopic (exact) mass is 420 g/mol. The lowest BCUT2D eigenvalue weighted by atomic mass is 9.93. The van der Waals surface area contributed by atoms with Crippen molar-refractivity contribution in [1.82, 2.24) is 9.97 Å². The molecule has 3 aromatic heterocycles. The first-order chi connectivity index (χ1) is 15.6. The number of aromatic nitrogens is 2. The van der Waals surface area contributed by atoms with Crippen molar-refractivity contribution in [3.63, 3.8) is 0 Å². The molecule has 0 saturated heterocycles. The lowest BCUT2D eigenvalue weighted by Gasteiger charge is -2.13. The molecule has 3 heterocycles. The Morgan fingerprint density at radius 3 is 2.34 bits per heavy atom. The van der Waals surface area contributed by atoms with Crippen LogP contribution < -0.4 is 0 Å². The summed E-state index contributed by atoms with van der Waals surface area (Å²) in [6, 6.07) is 21.1. The number of fused-ring (bicyclic) bond motifs is 3. The molecule has 0 saturated carbocycles. The van der Waals surface area contributed by atoms with Crippen LogP contribution in [0.3, 0.4) is 0 Å². The molecule has 0 spiro atoms. The van der Waals surface area contributed by atoms with Crippen molar-refractivity contribution < 1.29 is 4.42 Å². The van der Waals surface area contributed by atoms with Gasteiger partial charge in [-0.3, -0.25) is 4.98 Å². The summed E-state index contributed by atoms with van der Waals surface area (Å²) in [5.74, 6) is 0.549. The van der Waals surface area contributed by atoms with Crippen LogP contribution in [0.25, 0.3) is 44.6 Å². The minimum atomic E-state index is 0.549. The van der Waals surface area contributed by atoms with Crippen molar-refractivity contribution in [2.24, 2.45) is 0 Å². The number of nitrogens with zero attached hydrogens (tertiary/aromatic N) is 2. The summed E-state index contributed by atoms with van der Waals surface area (Å²) in [5.41, 5.74) is 10.5. The molecule has 2 aromatic carbocycles. The fraction of sp³-hybridized carbons (Fsp3) is 0.241. The van der Waals surface area contributed by atoms with Crippen LogP contribution in [-0.2, 0) is 0 Å². The predicted octanol–water partition coefficient (Wildman–Crippen LogP) is 8.23. The summed E-state index contributed by atoms with van der Waals surface area (Å²) in [6.45, 7) is 8.76. The van der Waals surface area contributed by atoms with Crippen LogP contribution in [0.2, 0.25) is 0 Å². The van der Waals surface area contributed by atoms with Crippen LogP contribution >= 0.6 is 0 Å². The Bertz CT molecular complexity index is 1410. The van der Waals surface area contributed by atoms with Gasteiger partial charge in [-0.05, 0) is 85.7 Å². The third kappa shape index (κ3) is 3.38. The van der Waals surface area contributed by atoms with Crippen molar-refractivity contribution in [1.29, 1.82) is 0 Å². The lowest BCUT2D eigenvalue weighted by molar-refractivity contribution is 0.641. The van der Waals surface area contributed by atoms with Crippen LogP contribution in [-0.4, -0.2) is 9.97 Å². The topological polar surface area (TPSA) is 38.9 Å². The van der Waals surface area contributed by atoms with Crippen LogP contribution in [0.1, 0.15) is 49.3 Å². The molecule has 0 aliphatic rings. The Morgan fingerprint density at radius 1 is 0.844 bits per heavy atom. The molecule has 3 heteroatoms. The Balaban J connectivity index is 1.69. The number of rotatable bonds is 5. The van der Waals surface area contributed by atoms with Gasteiger partial charge in [0, 0.05) is 22.7 Å². The standard InChI is InChI=1S/C29H28N2O/c1-5-20(6-2)21-15-16-30-25(17-21)22-11-8-12-23-28-26(32-29(22)23)14-13-24(31-28)27-18(3)9-7-10-19(27)4/h7-17,20H,5-6H2,1-4H3. The molecule has 0 aliphatic carbocycles. The van der Waals surface area contributed by atoms with E-state index in [-0.39, 0.29) is 0 Å². The second-order valence-electron chi connectivity index (χ2n) is 8.58. The molecule has 0 aliphatic heterocycles. The van der Waals surface area contributed by atoms with Gasteiger partial charge in [0.05, 0.1) is 11.4 Å². The zero-order valence-electron chi connectivity index (χ0n) is 19.1.